The molecule has 0 aliphatic rings. The van der Waals surface area contributed by atoms with Gasteiger partial charge in [0.25, 0.3) is 5.91 Å². The number of fused-ring (bicyclic) bond motifs is 1. The van der Waals surface area contributed by atoms with Gasteiger partial charge in [0.2, 0.25) is 0 Å². The highest BCUT2D eigenvalue weighted by Gasteiger charge is 2.15. The molecule has 1 aromatic heterocycles. The van der Waals surface area contributed by atoms with Gasteiger partial charge >= 0.3 is 0 Å². The molecule has 6 heteroatoms. The second-order valence-electron chi connectivity index (χ2n) is 5.70. The van der Waals surface area contributed by atoms with Crippen molar-refractivity contribution in [3.8, 4) is 5.75 Å². The number of aromatic amines is 1. The smallest absolute Gasteiger partial charge is 0.251 e. The van der Waals surface area contributed by atoms with Gasteiger partial charge in [-0.2, -0.15) is 0 Å². The molecule has 2 N–H and O–H groups in total. The average Bonchev–Trinajstić information content (AvgIpc) is 3.06. The summed E-state index contributed by atoms with van der Waals surface area (Å²) in [6.07, 6.45) is 0. The van der Waals surface area contributed by atoms with Crippen LogP contribution in [0.25, 0.3) is 11.0 Å². The highest BCUT2D eigenvalue weighted by atomic mass is 16.5. The summed E-state index contributed by atoms with van der Waals surface area (Å²) in [4.78, 5) is 20.2. The summed E-state index contributed by atoms with van der Waals surface area (Å²) >= 11 is 0. The summed E-state index contributed by atoms with van der Waals surface area (Å²) in [5.74, 6) is 1.19. The predicted octanol–water partition coefficient (Wildman–Crippen LogP) is 3.08. The third-order valence-corrected chi connectivity index (χ3v) is 3.82. The lowest BCUT2D eigenvalue weighted by atomic mass is 10.2. The molecule has 0 unspecified atom stereocenters. The summed E-state index contributed by atoms with van der Waals surface area (Å²) in [6.45, 7) is 2.84. The minimum atomic E-state index is -0.238. The van der Waals surface area contributed by atoms with Crippen molar-refractivity contribution >= 4 is 16.9 Å². The van der Waals surface area contributed by atoms with Crippen LogP contribution in [0.5, 0.6) is 5.75 Å². The Bertz CT molecular complexity index is 827. The molecule has 25 heavy (non-hydrogen) atoms. The van der Waals surface area contributed by atoms with E-state index in [0.717, 1.165) is 16.9 Å². The number of nitrogens with one attached hydrogen (secondary N) is 2. The number of methoxy groups -OCH3 is 1. The van der Waals surface area contributed by atoms with Crippen LogP contribution in [0, 0.1) is 0 Å². The van der Waals surface area contributed by atoms with Gasteiger partial charge in [0.05, 0.1) is 23.7 Å². The maximum atomic E-state index is 12.5. The number of hydrogen-bond acceptors (Lipinski definition) is 4. The molecule has 0 saturated heterocycles. The topological polar surface area (TPSA) is 76.2 Å². The van der Waals surface area contributed by atoms with Crippen molar-refractivity contribution in [3.63, 3.8) is 0 Å². The van der Waals surface area contributed by atoms with E-state index in [-0.39, 0.29) is 11.9 Å². The summed E-state index contributed by atoms with van der Waals surface area (Å²) in [6, 6.07) is 14.6. The van der Waals surface area contributed by atoms with Gasteiger partial charge in [0.1, 0.15) is 18.2 Å². The van der Waals surface area contributed by atoms with Crippen LogP contribution in [0.15, 0.2) is 48.5 Å². The van der Waals surface area contributed by atoms with Crippen molar-refractivity contribution < 1.29 is 14.3 Å². The molecule has 1 heterocycles. The molecule has 6 nitrogen and oxygen atoms in total. The largest absolute Gasteiger partial charge is 0.491 e. The third-order valence-electron chi connectivity index (χ3n) is 3.82. The average molecular weight is 339 g/mol. The van der Waals surface area contributed by atoms with Crippen molar-refractivity contribution in [1.29, 1.82) is 0 Å². The van der Waals surface area contributed by atoms with Gasteiger partial charge in [-0.25, -0.2) is 4.98 Å². The van der Waals surface area contributed by atoms with Crippen LogP contribution >= 0.6 is 0 Å². The van der Waals surface area contributed by atoms with Gasteiger partial charge in [-0.3, -0.25) is 4.79 Å². The van der Waals surface area contributed by atoms with Crippen LogP contribution in [-0.2, 0) is 4.74 Å². The fourth-order valence-electron chi connectivity index (χ4n) is 2.50. The number of amides is 1. The lowest BCUT2D eigenvalue weighted by Gasteiger charge is -2.12. The number of hydrogen-bond donors (Lipinski definition) is 2. The zero-order valence-corrected chi connectivity index (χ0v) is 14.3. The standard InChI is InChI=1S/C19H21N3O3/c1-13(18-21-16-8-3-4-9-17(16)22-18)20-19(23)14-6-5-7-15(12-14)25-11-10-24-2/h3-9,12-13H,10-11H2,1-2H3,(H,20,23)(H,21,22)/t13-/m0/s1. The summed E-state index contributed by atoms with van der Waals surface area (Å²) in [7, 11) is 1.62. The molecule has 1 amide bonds. The first-order valence-corrected chi connectivity index (χ1v) is 8.14. The molecule has 0 fully saturated rings. The Morgan fingerprint density at radius 2 is 2.04 bits per heavy atom. The van der Waals surface area contributed by atoms with Crippen LogP contribution in [0.1, 0.15) is 29.1 Å². The second-order valence-corrected chi connectivity index (χ2v) is 5.70. The summed E-state index contributed by atoms with van der Waals surface area (Å²) < 4.78 is 10.5. The monoisotopic (exact) mass is 339 g/mol. The molecule has 2 aromatic carbocycles. The Hall–Kier alpha value is -2.86. The summed E-state index contributed by atoms with van der Waals surface area (Å²) in [5.41, 5.74) is 2.37. The normalized spacial score (nSPS) is 12.1. The van der Waals surface area contributed by atoms with E-state index in [4.69, 9.17) is 9.47 Å². The molecule has 0 aliphatic heterocycles. The maximum absolute atomic E-state index is 12.5. The van der Waals surface area contributed by atoms with Crippen molar-refractivity contribution in [1.82, 2.24) is 15.3 Å². The van der Waals surface area contributed by atoms with Crippen LogP contribution in [0.4, 0.5) is 0 Å². The van der Waals surface area contributed by atoms with Gasteiger partial charge < -0.3 is 19.8 Å². The molecule has 0 bridgehead atoms. The maximum Gasteiger partial charge on any atom is 0.251 e. The minimum absolute atomic E-state index is 0.176. The third kappa shape index (κ3) is 4.16. The fourth-order valence-corrected chi connectivity index (χ4v) is 2.50. The fraction of sp³-hybridized carbons (Fsp3) is 0.263. The Morgan fingerprint density at radius 1 is 1.20 bits per heavy atom. The number of nitrogens with zero attached hydrogens (tertiary/aromatic N) is 1. The van der Waals surface area contributed by atoms with Crippen molar-refractivity contribution in [2.45, 2.75) is 13.0 Å². The number of rotatable bonds is 7. The number of H-pyrrole nitrogens is 1. The minimum Gasteiger partial charge on any atom is -0.491 e. The first-order chi connectivity index (χ1) is 12.2. The van der Waals surface area contributed by atoms with Gasteiger partial charge in [-0.15, -0.1) is 0 Å². The van der Waals surface area contributed by atoms with Crippen LogP contribution in [-0.4, -0.2) is 36.2 Å². The van der Waals surface area contributed by atoms with Crippen LogP contribution in [0.3, 0.4) is 0 Å². The van der Waals surface area contributed by atoms with Crippen LogP contribution < -0.4 is 10.1 Å². The zero-order chi connectivity index (χ0) is 17.6. The predicted molar refractivity (Wildman–Crippen MR) is 95.8 cm³/mol. The molecule has 0 spiro atoms. The Kier molecular flexibility index (Phi) is 5.30. The summed E-state index contributed by atoms with van der Waals surface area (Å²) in [5, 5.41) is 2.95. The van der Waals surface area contributed by atoms with E-state index in [9.17, 15) is 4.79 Å². The second kappa shape index (κ2) is 7.81. The molecular formula is C19H21N3O3. The van der Waals surface area contributed by atoms with E-state index in [1.165, 1.54) is 0 Å². The van der Waals surface area contributed by atoms with E-state index < -0.39 is 0 Å². The molecule has 3 aromatic rings. The van der Waals surface area contributed by atoms with Gasteiger partial charge in [0.15, 0.2) is 0 Å². The number of ether oxygens (including phenoxy) is 2. The number of carbonyl (C=O) groups excluding carboxylic acids is 1. The highest BCUT2D eigenvalue weighted by Crippen LogP contribution is 2.17. The Morgan fingerprint density at radius 3 is 2.84 bits per heavy atom. The number of benzene rings is 2. The Balaban J connectivity index is 1.67. The number of imidazole rings is 1. The van der Waals surface area contributed by atoms with Gasteiger partial charge in [-0.05, 0) is 37.3 Å². The Labute approximate surface area is 146 Å². The van der Waals surface area contributed by atoms with E-state index in [0.29, 0.717) is 24.5 Å². The molecule has 1 atom stereocenters. The molecule has 3 rings (SSSR count). The first kappa shape index (κ1) is 17.0. The van der Waals surface area contributed by atoms with E-state index >= 15 is 0 Å². The quantitative estimate of drug-likeness (QED) is 0.649. The van der Waals surface area contributed by atoms with Crippen molar-refractivity contribution in [2.24, 2.45) is 0 Å². The molecular weight excluding hydrogens is 318 g/mol. The van der Waals surface area contributed by atoms with Crippen molar-refractivity contribution in [2.75, 3.05) is 20.3 Å². The van der Waals surface area contributed by atoms with E-state index in [2.05, 4.69) is 15.3 Å². The number of para-hydroxylation sites is 2. The number of carbonyl (C=O) groups is 1. The van der Waals surface area contributed by atoms with Crippen molar-refractivity contribution in [3.05, 3.63) is 59.9 Å². The molecule has 0 radical (unpaired) electrons. The first-order valence-electron chi connectivity index (χ1n) is 8.14. The van der Waals surface area contributed by atoms with Gasteiger partial charge in [0, 0.05) is 12.7 Å². The van der Waals surface area contributed by atoms with Crippen LogP contribution in [0.2, 0.25) is 0 Å². The lowest BCUT2D eigenvalue weighted by molar-refractivity contribution is 0.0937. The lowest BCUT2D eigenvalue weighted by Crippen LogP contribution is -2.27. The molecule has 0 saturated carbocycles. The highest BCUT2D eigenvalue weighted by molar-refractivity contribution is 5.94. The van der Waals surface area contributed by atoms with Gasteiger partial charge in [-0.1, -0.05) is 18.2 Å². The SMILES string of the molecule is COCCOc1cccc(C(=O)N[C@@H](C)c2nc3ccccc3[nH]2)c1. The van der Waals surface area contributed by atoms with E-state index in [1.807, 2.05) is 37.3 Å². The van der Waals surface area contributed by atoms with E-state index in [1.54, 1.807) is 25.3 Å². The zero-order valence-electron chi connectivity index (χ0n) is 14.3. The molecule has 130 valence electrons. The molecule has 0 aliphatic carbocycles. The number of aromatic nitrogens is 2.